The zero-order chi connectivity index (χ0) is 26.3. The standard InChI is InChI=1S/C7H9O3PS.2C7H8O3S/c1-5-6(11)3-2-4-7(5)12(8,9)10;2*1-6-4-2-3-5-7(6)11(8,9)10/h2-4H,11H2,1H3,(H,8,9,10);2*2-5H,1H3,(H,8,9,10). The second-order valence-corrected chi connectivity index (χ2v) is 11.7. The number of aryl methyl sites for hydroxylation is 2. The summed E-state index contributed by atoms with van der Waals surface area (Å²) in [5, 5.41) is 0.769. The van der Waals surface area contributed by atoms with E-state index in [0.717, 1.165) is 5.30 Å². The van der Waals surface area contributed by atoms with Gasteiger partial charge in [-0.15, -0.1) is 9.24 Å². The molecule has 0 bridgehead atoms. The Balaban J connectivity index is 0.000000255. The van der Waals surface area contributed by atoms with Crippen molar-refractivity contribution in [3.63, 3.8) is 0 Å². The quantitative estimate of drug-likeness (QED) is 0.329. The molecule has 0 saturated carbocycles. The molecule has 3 N–H and O–H groups in total. The van der Waals surface area contributed by atoms with E-state index < -0.39 is 30.4 Å². The Morgan fingerprint density at radius 2 is 0.853 bits per heavy atom. The van der Waals surface area contributed by atoms with Crippen molar-refractivity contribution in [3.8, 4) is 0 Å². The lowest BCUT2D eigenvalue weighted by Crippen LogP contribution is -2.07. The average Bonchev–Trinajstić information content (AvgIpc) is 2.69. The third kappa shape index (κ3) is 9.22. The van der Waals surface area contributed by atoms with Crippen molar-refractivity contribution in [1.29, 1.82) is 0 Å². The molecule has 9 nitrogen and oxygen atoms in total. The van der Waals surface area contributed by atoms with E-state index in [-0.39, 0.29) is 14.7 Å². The molecule has 186 valence electrons. The summed E-state index contributed by atoms with van der Waals surface area (Å²) in [6.45, 7) is 4.90. The maximum atomic E-state index is 10.8. The van der Waals surface area contributed by atoms with Gasteiger partial charge in [0.05, 0.1) is 14.7 Å². The van der Waals surface area contributed by atoms with Crippen molar-refractivity contribution in [1.82, 2.24) is 0 Å². The van der Waals surface area contributed by atoms with Crippen LogP contribution in [0.25, 0.3) is 0 Å². The summed E-state index contributed by atoms with van der Waals surface area (Å²) in [4.78, 5) is -0.0880. The van der Waals surface area contributed by atoms with Crippen molar-refractivity contribution in [2.45, 2.75) is 35.5 Å². The first-order chi connectivity index (χ1) is 15.5. The monoisotopic (exact) mass is 548 g/mol. The van der Waals surface area contributed by atoms with Crippen LogP contribution in [0, 0.1) is 20.8 Å². The highest BCUT2D eigenvalue weighted by Gasteiger charge is 2.13. The van der Waals surface area contributed by atoms with Crippen LogP contribution in [-0.4, -0.2) is 38.9 Å². The van der Waals surface area contributed by atoms with Crippen LogP contribution in [0.2, 0.25) is 0 Å². The number of benzene rings is 3. The molecule has 0 saturated heterocycles. The van der Waals surface area contributed by atoms with Crippen LogP contribution in [0.5, 0.6) is 0 Å². The maximum absolute atomic E-state index is 10.8. The molecule has 3 rings (SSSR count). The van der Waals surface area contributed by atoms with E-state index in [1.165, 1.54) is 18.2 Å². The molecule has 34 heavy (non-hydrogen) atoms. The van der Waals surface area contributed by atoms with Gasteiger partial charge in [0.1, 0.15) is 0 Å². The van der Waals surface area contributed by atoms with Crippen LogP contribution < -0.4 is 5.30 Å². The summed E-state index contributed by atoms with van der Waals surface area (Å²) in [7, 11) is -9.73. The van der Waals surface area contributed by atoms with Crippen LogP contribution >= 0.6 is 9.24 Å². The molecular weight excluding hydrogens is 523 g/mol. The Bertz CT molecular complexity index is 1390. The van der Waals surface area contributed by atoms with Gasteiger partial charge in [-0.05, 0) is 61.0 Å². The van der Waals surface area contributed by atoms with Crippen LogP contribution in [0.3, 0.4) is 0 Å². The summed E-state index contributed by atoms with van der Waals surface area (Å²) in [6.07, 6.45) is 0. The van der Waals surface area contributed by atoms with Gasteiger partial charge in [-0.25, -0.2) is 0 Å². The van der Waals surface area contributed by atoms with Crippen molar-refractivity contribution in [3.05, 3.63) is 83.4 Å². The molecule has 1 atom stereocenters. The van der Waals surface area contributed by atoms with Crippen LogP contribution in [0.15, 0.2) is 81.4 Å². The summed E-state index contributed by atoms with van der Waals surface area (Å²) in [5.74, 6) is 0. The second-order valence-electron chi connectivity index (χ2n) is 6.93. The highest BCUT2D eigenvalue weighted by molar-refractivity contribution is 7.86. The third-order valence-electron chi connectivity index (χ3n) is 4.35. The van der Waals surface area contributed by atoms with Gasteiger partial charge in [0.15, 0.2) is 0 Å². The van der Waals surface area contributed by atoms with E-state index >= 15 is 0 Å². The van der Waals surface area contributed by atoms with E-state index in [1.54, 1.807) is 69.3 Å². The van der Waals surface area contributed by atoms with Crippen LogP contribution in [0.1, 0.15) is 16.7 Å². The molecular formula is C21H25O9PS3. The van der Waals surface area contributed by atoms with Crippen LogP contribution in [0.4, 0.5) is 0 Å². The van der Waals surface area contributed by atoms with Crippen molar-refractivity contribution in [2.24, 2.45) is 0 Å². The molecule has 0 aliphatic carbocycles. The Morgan fingerprint density at radius 1 is 0.529 bits per heavy atom. The molecule has 0 heterocycles. The minimum atomic E-state index is -4.07. The summed E-state index contributed by atoms with van der Waals surface area (Å²) >= 11 is 0. The predicted molar refractivity (Wildman–Crippen MR) is 132 cm³/mol. The summed E-state index contributed by atoms with van der Waals surface area (Å²) < 4.78 is 90.0. The smallest absolute Gasteiger partial charge is 0.282 e. The van der Waals surface area contributed by atoms with E-state index in [2.05, 4.69) is 9.24 Å². The first-order valence-corrected chi connectivity index (χ1v) is 14.2. The third-order valence-corrected chi connectivity index (χ3v) is 8.00. The minimum Gasteiger partial charge on any atom is -0.282 e. The van der Waals surface area contributed by atoms with Gasteiger partial charge in [0.2, 0.25) is 0 Å². The highest BCUT2D eigenvalue weighted by Crippen LogP contribution is 2.14. The number of hydrogen-bond acceptors (Lipinski definition) is 6. The van der Waals surface area contributed by atoms with Crippen molar-refractivity contribution >= 4 is 44.9 Å². The lowest BCUT2D eigenvalue weighted by Gasteiger charge is -2.03. The Labute approximate surface area is 202 Å². The highest BCUT2D eigenvalue weighted by atomic mass is 32.2. The average molecular weight is 549 g/mol. The zero-order valence-corrected chi connectivity index (χ0v) is 22.0. The van der Waals surface area contributed by atoms with Gasteiger partial charge in [-0.3, -0.25) is 13.7 Å². The van der Waals surface area contributed by atoms with Gasteiger partial charge in [-0.1, -0.05) is 48.5 Å². The van der Waals surface area contributed by atoms with E-state index in [4.69, 9.17) is 13.7 Å². The van der Waals surface area contributed by atoms with Gasteiger partial charge < -0.3 is 0 Å². The van der Waals surface area contributed by atoms with Gasteiger partial charge >= 0.3 is 0 Å². The SMILES string of the molecule is Cc1c(P)cccc1S(=O)(=O)O.Cc1ccccc1S(=O)(=O)O.Cc1ccccc1S(=O)(=O)O. The lowest BCUT2D eigenvalue weighted by atomic mass is 10.2. The fourth-order valence-corrected chi connectivity index (χ4v) is 5.18. The largest absolute Gasteiger partial charge is 0.294 e. The fraction of sp³-hybridized carbons (Fsp3) is 0.143. The first kappa shape index (κ1) is 29.9. The molecule has 0 spiro atoms. The summed E-state index contributed by atoms with van der Waals surface area (Å²) in [5.41, 5.74) is 1.66. The lowest BCUT2D eigenvalue weighted by molar-refractivity contribution is 0.480. The number of hydrogen-bond donors (Lipinski definition) is 3. The molecule has 0 aliphatic heterocycles. The minimum absolute atomic E-state index is 0.0278. The predicted octanol–water partition coefficient (Wildman–Crippen LogP) is 3.23. The molecule has 0 amide bonds. The molecule has 0 fully saturated rings. The van der Waals surface area contributed by atoms with E-state index in [1.807, 2.05) is 0 Å². The maximum Gasteiger partial charge on any atom is 0.294 e. The Hall–Kier alpha value is -2.18. The van der Waals surface area contributed by atoms with Crippen molar-refractivity contribution in [2.75, 3.05) is 0 Å². The van der Waals surface area contributed by atoms with Gasteiger partial charge in [-0.2, -0.15) is 25.3 Å². The fourth-order valence-electron chi connectivity index (χ4n) is 2.60. The molecule has 13 heteroatoms. The van der Waals surface area contributed by atoms with E-state index in [9.17, 15) is 25.3 Å². The Morgan fingerprint density at radius 3 is 1.12 bits per heavy atom. The summed E-state index contributed by atoms with van der Waals surface area (Å²) in [6, 6.07) is 17.3. The molecule has 0 aromatic heterocycles. The molecule has 1 unspecified atom stereocenters. The molecule has 0 radical (unpaired) electrons. The topological polar surface area (TPSA) is 163 Å². The Kier molecular flexibility index (Phi) is 10.5. The first-order valence-electron chi connectivity index (χ1n) is 9.35. The molecule has 0 aliphatic rings. The molecule has 3 aromatic rings. The van der Waals surface area contributed by atoms with Gasteiger partial charge in [0, 0.05) is 0 Å². The van der Waals surface area contributed by atoms with E-state index in [0.29, 0.717) is 16.7 Å². The second kappa shape index (κ2) is 12.0. The molecule has 3 aromatic carbocycles. The van der Waals surface area contributed by atoms with Crippen LogP contribution in [-0.2, 0) is 30.4 Å². The number of rotatable bonds is 3. The normalized spacial score (nSPS) is 11.5. The van der Waals surface area contributed by atoms with Crippen molar-refractivity contribution < 1.29 is 38.9 Å². The van der Waals surface area contributed by atoms with Gasteiger partial charge in [0.25, 0.3) is 30.4 Å². The zero-order valence-electron chi connectivity index (χ0n) is 18.4.